The SMILES string of the molecule is COc1ccc(Cl)cc1NC(=O)C(=O)Nc1ccc(I)cc1. The summed E-state index contributed by atoms with van der Waals surface area (Å²) in [5.41, 5.74) is 0.872. The lowest BCUT2D eigenvalue weighted by Gasteiger charge is -2.10. The molecule has 2 aromatic rings. The second-order valence-corrected chi connectivity index (χ2v) is 5.94. The molecule has 0 aliphatic rings. The maximum atomic E-state index is 11.9. The first kappa shape index (κ1) is 16.6. The Morgan fingerprint density at radius 3 is 2.32 bits per heavy atom. The van der Waals surface area contributed by atoms with Gasteiger partial charge in [0.1, 0.15) is 5.75 Å². The summed E-state index contributed by atoms with van der Waals surface area (Å²) in [6, 6.07) is 11.8. The predicted octanol–water partition coefficient (Wildman–Crippen LogP) is 3.53. The smallest absolute Gasteiger partial charge is 0.314 e. The van der Waals surface area contributed by atoms with Gasteiger partial charge < -0.3 is 15.4 Å². The molecular formula is C15H12ClIN2O3. The van der Waals surface area contributed by atoms with Gasteiger partial charge in [-0.25, -0.2) is 0 Å². The molecule has 2 rings (SSSR count). The standard InChI is InChI=1S/C15H12ClIN2O3/c1-22-13-7-2-9(16)8-12(13)19-15(21)14(20)18-11-5-3-10(17)4-6-11/h2-8H,1H3,(H,18,20)(H,19,21). The molecule has 0 heterocycles. The molecule has 5 nitrogen and oxygen atoms in total. The minimum Gasteiger partial charge on any atom is -0.495 e. The zero-order valence-corrected chi connectivity index (χ0v) is 14.4. The number of methoxy groups -OCH3 is 1. The molecule has 0 unspecified atom stereocenters. The zero-order chi connectivity index (χ0) is 16.1. The number of benzene rings is 2. The van der Waals surface area contributed by atoms with E-state index in [0.29, 0.717) is 22.1 Å². The van der Waals surface area contributed by atoms with E-state index in [9.17, 15) is 9.59 Å². The molecule has 0 saturated carbocycles. The molecule has 2 N–H and O–H groups in total. The fraction of sp³-hybridized carbons (Fsp3) is 0.0667. The Morgan fingerprint density at radius 2 is 1.68 bits per heavy atom. The van der Waals surface area contributed by atoms with Crippen molar-refractivity contribution >= 4 is 57.4 Å². The van der Waals surface area contributed by atoms with Gasteiger partial charge in [-0.3, -0.25) is 9.59 Å². The summed E-state index contributed by atoms with van der Waals surface area (Å²) in [5.74, 6) is -1.16. The number of rotatable bonds is 3. The molecule has 0 atom stereocenters. The molecule has 22 heavy (non-hydrogen) atoms. The van der Waals surface area contributed by atoms with Crippen LogP contribution in [0.2, 0.25) is 5.02 Å². The Balaban J connectivity index is 2.07. The molecule has 0 saturated heterocycles. The third-order valence-corrected chi connectivity index (χ3v) is 3.67. The lowest BCUT2D eigenvalue weighted by atomic mass is 10.3. The van der Waals surface area contributed by atoms with Gasteiger partial charge in [0, 0.05) is 14.3 Å². The van der Waals surface area contributed by atoms with E-state index in [1.165, 1.54) is 13.2 Å². The van der Waals surface area contributed by atoms with Crippen LogP contribution < -0.4 is 15.4 Å². The maximum absolute atomic E-state index is 11.9. The average molecular weight is 431 g/mol. The normalized spacial score (nSPS) is 9.95. The summed E-state index contributed by atoms with van der Waals surface area (Å²) in [4.78, 5) is 23.8. The number of carbonyl (C=O) groups is 2. The summed E-state index contributed by atoms with van der Waals surface area (Å²) in [6.45, 7) is 0. The number of ether oxygens (including phenoxy) is 1. The molecule has 0 aliphatic heterocycles. The van der Waals surface area contributed by atoms with Gasteiger partial charge in [0.2, 0.25) is 0 Å². The minimum atomic E-state index is -0.806. The van der Waals surface area contributed by atoms with E-state index in [0.717, 1.165) is 3.57 Å². The molecule has 0 aromatic heterocycles. The Morgan fingerprint density at radius 1 is 1.05 bits per heavy atom. The van der Waals surface area contributed by atoms with Crippen molar-refractivity contribution in [2.24, 2.45) is 0 Å². The van der Waals surface area contributed by atoms with E-state index in [1.54, 1.807) is 24.3 Å². The van der Waals surface area contributed by atoms with Crippen LogP contribution in [0.5, 0.6) is 5.75 Å². The molecule has 0 bridgehead atoms. The molecule has 2 amide bonds. The van der Waals surface area contributed by atoms with E-state index >= 15 is 0 Å². The summed E-state index contributed by atoms with van der Waals surface area (Å²) in [5, 5.41) is 5.41. The van der Waals surface area contributed by atoms with Gasteiger partial charge in [-0.2, -0.15) is 0 Å². The Kier molecular flexibility index (Phi) is 5.62. The number of nitrogens with one attached hydrogen (secondary N) is 2. The van der Waals surface area contributed by atoms with Crippen molar-refractivity contribution in [3.8, 4) is 5.75 Å². The van der Waals surface area contributed by atoms with E-state index in [2.05, 4.69) is 33.2 Å². The van der Waals surface area contributed by atoms with E-state index in [-0.39, 0.29) is 0 Å². The first-order valence-corrected chi connectivity index (χ1v) is 7.66. The van der Waals surface area contributed by atoms with Crippen LogP contribution in [0.15, 0.2) is 42.5 Å². The van der Waals surface area contributed by atoms with Crippen LogP contribution in [0.25, 0.3) is 0 Å². The van der Waals surface area contributed by atoms with Crippen LogP contribution in [0, 0.1) is 3.57 Å². The van der Waals surface area contributed by atoms with Gasteiger partial charge in [-0.1, -0.05) is 11.6 Å². The lowest BCUT2D eigenvalue weighted by molar-refractivity contribution is -0.133. The number of halogens is 2. The van der Waals surface area contributed by atoms with Crippen molar-refractivity contribution in [3.05, 3.63) is 51.1 Å². The molecule has 7 heteroatoms. The highest BCUT2D eigenvalue weighted by Crippen LogP contribution is 2.27. The molecule has 0 aliphatic carbocycles. The summed E-state index contributed by atoms with van der Waals surface area (Å²) in [7, 11) is 1.46. The van der Waals surface area contributed by atoms with Crippen molar-refractivity contribution in [1.82, 2.24) is 0 Å². The third-order valence-electron chi connectivity index (χ3n) is 2.72. The number of anilines is 2. The maximum Gasteiger partial charge on any atom is 0.314 e. The lowest BCUT2D eigenvalue weighted by Crippen LogP contribution is -2.29. The Bertz CT molecular complexity index is 704. The number of carbonyl (C=O) groups excluding carboxylic acids is 2. The zero-order valence-electron chi connectivity index (χ0n) is 11.5. The van der Waals surface area contributed by atoms with Crippen LogP contribution in [0.1, 0.15) is 0 Å². The summed E-state index contributed by atoms with van der Waals surface area (Å²) >= 11 is 8.02. The van der Waals surface area contributed by atoms with Crippen molar-refractivity contribution in [2.75, 3.05) is 17.7 Å². The van der Waals surface area contributed by atoms with Crippen molar-refractivity contribution in [1.29, 1.82) is 0 Å². The van der Waals surface area contributed by atoms with Crippen LogP contribution in [0.4, 0.5) is 11.4 Å². The third kappa shape index (κ3) is 4.35. The predicted molar refractivity (Wildman–Crippen MR) is 94.4 cm³/mol. The van der Waals surface area contributed by atoms with Crippen LogP contribution in [0.3, 0.4) is 0 Å². The van der Waals surface area contributed by atoms with E-state index in [4.69, 9.17) is 16.3 Å². The summed E-state index contributed by atoms with van der Waals surface area (Å²) < 4.78 is 6.14. The number of amides is 2. The minimum absolute atomic E-state index is 0.331. The van der Waals surface area contributed by atoms with Gasteiger partial charge in [0.25, 0.3) is 0 Å². The second kappa shape index (κ2) is 7.46. The largest absolute Gasteiger partial charge is 0.495 e. The first-order chi connectivity index (χ1) is 10.5. The molecule has 0 spiro atoms. The molecule has 0 fully saturated rings. The highest BCUT2D eigenvalue weighted by Gasteiger charge is 2.16. The molecule has 0 radical (unpaired) electrons. The molecular weight excluding hydrogens is 419 g/mol. The first-order valence-electron chi connectivity index (χ1n) is 6.21. The van der Waals surface area contributed by atoms with Gasteiger partial charge >= 0.3 is 11.8 Å². The van der Waals surface area contributed by atoms with Gasteiger partial charge in [-0.15, -0.1) is 0 Å². The topological polar surface area (TPSA) is 67.4 Å². The number of hydrogen-bond donors (Lipinski definition) is 2. The van der Waals surface area contributed by atoms with Crippen molar-refractivity contribution in [2.45, 2.75) is 0 Å². The summed E-state index contributed by atoms with van der Waals surface area (Å²) in [6.07, 6.45) is 0. The van der Waals surface area contributed by atoms with Crippen molar-refractivity contribution in [3.63, 3.8) is 0 Å². The fourth-order valence-electron chi connectivity index (χ4n) is 1.68. The highest BCUT2D eigenvalue weighted by atomic mass is 127. The van der Waals surface area contributed by atoms with Crippen LogP contribution >= 0.6 is 34.2 Å². The van der Waals surface area contributed by atoms with Crippen molar-refractivity contribution < 1.29 is 14.3 Å². The van der Waals surface area contributed by atoms with Gasteiger partial charge in [-0.05, 0) is 65.1 Å². The Hall–Kier alpha value is -1.80. The fourth-order valence-corrected chi connectivity index (χ4v) is 2.21. The average Bonchev–Trinajstić information content (AvgIpc) is 2.49. The molecule has 114 valence electrons. The van der Waals surface area contributed by atoms with Crippen LogP contribution in [-0.2, 0) is 9.59 Å². The quantitative estimate of drug-likeness (QED) is 0.578. The van der Waals surface area contributed by atoms with E-state index < -0.39 is 11.8 Å². The van der Waals surface area contributed by atoms with Gasteiger partial charge in [0.05, 0.1) is 12.8 Å². The molecule has 2 aromatic carbocycles. The van der Waals surface area contributed by atoms with Gasteiger partial charge in [0.15, 0.2) is 0 Å². The van der Waals surface area contributed by atoms with E-state index in [1.807, 2.05) is 12.1 Å². The monoisotopic (exact) mass is 430 g/mol. The Labute approximate surface area is 146 Å². The number of hydrogen-bond acceptors (Lipinski definition) is 3. The van der Waals surface area contributed by atoms with Crippen LogP contribution in [-0.4, -0.2) is 18.9 Å². The highest BCUT2D eigenvalue weighted by molar-refractivity contribution is 14.1. The second-order valence-electron chi connectivity index (χ2n) is 4.26.